The predicted molar refractivity (Wildman–Crippen MR) is 95.7 cm³/mol. The first kappa shape index (κ1) is 22.0. The van der Waals surface area contributed by atoms with Crippen LogP contribution in [0.2, 0.25) is 0 Å². The van der Waals surface area contributed by atoms with E-state index in [1.54, 1.807) is 19.9 Å². The summed E-state index contributed by atoms with van der Waals surface area (Å²) >= 11 is 0. The summed E-state index contributed by atoms with van der Waals surface area (Å²) in [4.78, 5) is 11.9. The summed E-state index contributed by atoms with van der Waals surface area (Å²) in [5, 5.41) is 48.8. The molecular weight excluding hydrogens is 356 g/mol. The van der Waals surface area contributed by atoms with E-state index in [1.807, 2.05) is 19.9 Å². The average molecular weight is 386 g/mol. The topological polar surface area (TPSA) is 137 Å². The summed E-state index contributed by atoms with van der Waals surface area (Å²) < 4.78 is 10.9. The molecule has 8 heteroatoms. The molecule has 0 saturated carbocycles. The van der Waals surface area contributed by atoms with Crippen molar-refractivity contribution in [2.75, 3.05) is 6.61 Å². The molecule has 27 heavy (non-hydrogen) atoms. The van der Waals surface area contributed by atoms with Crippen LogP contribution >= 0.6 is 0 Å². The highest BCUT2D eigenvalue weighted by Crippen LogP contribution is 2.42. The maximum absolute atomic E-state index is 11.9. The third-order valence-corrected chi connectivity index (χ3v) is 5.33. The van der Waals surface area contributed by atoms with Gasteiger partial charge in [0.25, 0.3) is 0 Å². The van der Waals surface area contributed by atoms with Crippen molar-refractivity contribution in [2.45, 2.75) is 70.9 Å². The lowest BCUT2D eigenvalue weighted by molar-refractivity contribution is -0.306. The minimum absolute atomic E-state index is 0.170. The molecule has 2 rings (SSSR count). The van der Waals surface area contributed by atoms with Crippen molar-refractivity contribution in [3.05, 3.63) is 23.5 Å². The Balaban J connectivity index is 2.08. The molecule has 1 aliphatic carbocycles. The van der Waals surface area contributed by atoms with Crippen LogP contribution in [-0.2, 0) is 14.3 Å². The standard InChI is InChI=1S/C19H30O8/c1-9(26-18-17(25)16(24)15(23)13(8-20)27-18)5-6-11-10(2)14(22)12(21)7-19(11,3)4/h5-6,9,11,13,15-18,20,22-25H,7-8H2,1-4H3. The molecule has 0 bridgehead atoms. The normalized spacial score (nSPS) is 38.4. The molecule has 0 radical (unpaired) electrons. The van der Waals surface area contributed by atoms with Crippen molar-refractivity contribution in [3.63, 3.8) is 0 Å². The molecule has 154 valence electrons. The van der Waals surface area contributed by atoms with E-state index < -0.39 is 43.4 Å². The summed E-state index contributed by atoms with van der Waals surface area (Å²) in [6, 6.07) is 0. The van der Waals surface area contributed by atoms with Gasteiger partial charge in [0.1, 0.15) is 24.4 Å². The van der Waals surface area contributed by atoms with Crippen molar-refractivity contribution in [3.8, 4) is 0 Å². The molecule has 7 unspecified atom stereocenters. The molecule has 1 saturated heterocycles. The molecular formula is C19H30O8. The highest BCUT2D eigenvalue weighted by atomic mass is 16.7. The Labute approximate surface area is 158 Å². The van der Waals surface area contributed by atoms with Gasteiger partial charge < -0.3 is 35.0 Å². The van der Waals surface area contributed by atoms with Crippen molar-refractivity contribution >= 4 is 5.78 Å². The van der Waals surface area contributed by atoms with Crippen LogP contribution in [0, 0.1) is 11.3 Å². The number of aliphatic hydroxyl groups excluding tert-OH is 5. The number of hydrogen-bond donors (Lipinski definition) is 5. The second-order valence-corrected chi connectivity index (χ2v) is 8.02. The van der Waals surface area contributed by atoms with Crippen molar-refractivity contribution < 1.29 is 39.8 Å². The van der Waals surface area contributed by atoms with Gasteiger partial charge in [-0.1, -0.05) is 26.0 Å². The Morgan fingerprint density at radius 1 is 1.26 bits per heavy atom. The molecule has 0 aromatic heterocycles. The monoisotopic (exact) mass is 386 g/mol. The van der Waals surface area contributed by atoms with Crippen LogP contribution in [0.4, 0.5) is 0 Å². The second-order valence-electron chi connectivity index (χ2n) is 8.02. The molecule has 0 aromatic rings. The third-order valence-electron chi connectivity index (χ3n) is 5.33. The fourth-order valence-electron chi connectivity index (χ4n) is 3.67. The number of aliphatic hydroxyl groups is 5. The second kappa shape index (κ2) is 8.38. The van der Waals surface area contributed by atoms with Gasteiger partial charge in [-0.3, -0.25) is 4.79 Å². The summed E-state index contributed by atoms with van der Waals surface area (Å²) in [5.74, 6) is -0.643. The lowest BCUT2D eigenvalue weighted by Gasteiger charge is -2.40. The number of hydrogen-bond acceptors (Lipinski definition) is 8. The molecule has 2 aliphatic rings. The quantitative estimate of drug-likeness (QED) is 0.423. The highest BCUT2D eigenvalue weighted by molar-refractivity contribution is 5.95. The van der Waals surface area contributed by atoms with E-state index in [4.69, 9.17) is 9.47 Å². The fourth-order valence-corrected chi connectivity index (χ4v) is 3.67. The van der Waals surface area contributed by atoms with E-state index in [-0.39, 0.29) is 29.3 Å². The van der Waals surface area contributed by atoms with E-state index in [0.717, 1.165) is 0 Å². The summed E-state index contributed by atoms with van der Waals surface area (Å²) in [6.45, 7) is 6.78. The lowest BCUT2D eigenvalue weighted by Crippen LogP contribution is -2.59. The summed E-state index contributed by atoms with van der Waals surface area (Å²) in [5.41, 5.74) is 0.222. The van der Waals surface area contributed by atoms with Crippen LogP contribution in [0.3, 0.4) is 0 Å². The maximum Gasteiger partial charge on any atom is 0.197 e. The van der Waals surface area contributed by atoms with Crippen LogP contribution < -0.4 is 0 Å². The molecule has 1 heterocycles. The number of carbonyl (C=O) groups excluding carboxylic acids is 1. The largest absolute Gasteiger partial charge is 0.504 e. The smallest absolute Gasteiger partial charge is 0.197 e. The fraction of sp³-hybridized carbons (Fsp3) is 0.737. The number of allylic oxidation sites excluding steroid dienone is 3. The molecule has 1 fully saturated rings. The Hall–Kier alpha value is -1.29. The van der Waals surface area contributed by atoms with Crippen molar-refractivity contribution in [2.24, 2.45) is 11.3 Å². The first-order chi connectivity index (χ1) is 12.5. The van der Waals surface area contributed by atoms with Gasteiger partial charge in [-0.05, 0) is 24.8 Å². The third kappa shape index (κ3) is 4.59. The SMILES string of the molecule is CC1=C(O)C(=O)CC(C)(C)C1C=CC(C)OC1OC(CO)C(O)C(O)C1O. The van der Waals surface area contributed by atoms with E-state index in [0.29, 0.717) is 5.57 Å². The number of Topliss-reactive ketones (excluding diaryl/α,β-unsaturated/α-hetero) is 1. The lowest BCUT2D eigenvalue weighted by atomic mass is 9.67. The van der Waals surface area contributed by atoms with Crippen LogP contribution in [0.15, 0.2) is 23.5 Å². The van der Waals surface area contributed by atoms with Gasteiger partial charge in [0, 0.05) is 12.3 Å². The number of ketones is 1. The highest BCUT2D eigenvalue weighted by Gasteiger charge is 2.44. The molecule has 1 aliphatic heterocycles. The molecule has 0 aromatic carbocycles. The van der Waals surface area contributed by atoms with Gasteiger partial charge in [0.2, 0.25) is 0 Å². The van der Waals surface area contributed by atoms with Gasteiger partial charge in [-0.25, -0.2) is 0 Å². The Kier molecular flexibility index (Phi) is 6.83. The van der Waals surface area contributed by atoms with Gasteiger partial charge in [0.15, 0.2) is 17.8 Å². The minimum Gasteiger partial charge on any atom is -0.504 e. The zero-order chi connectivity index (χ0) is 20.5. The summed E-state index contributed by atoms with van der Waals surface area (Å²) in [7, 11) is 0. The van der Waals surface area contributed by atoms with Crippen molar-refractivity contribution in [1.82, 2.24) is 0 Å². The van der Waals surface area contributed by atoms with Gasteiger partial charge in [0.05, 0.1) is 12.7 Å². The van der Waals surface area contributed by atoms with E-state index in [2.05, 4.69) is 0 Å². The number of rotatable bonds is 5. The maximum atomic E-state index is 11.9. The minimum atomic E-state index is -1.50. The summed E-state index contributed by atoms with van der Waals surface area (Å²) in [6.07, 6.45) is -3.39. The molecule has 5 N–H and O–H groups in total. The van der Waals surface area contributed by atoms with Crippen LogP contribution in [0.5, 0.6) is 0 Å². The Morgan fingerprint density at radius 2 is 1.89 bits per heavy atom. The number of ether oxygens (including phenoxy) is 2. The van der Waals surface area contributed by atoms with Gasteiger partial charge in [-0.2, -0.15) is 0 Å². The van der Waals surface area contributed by atoms with E-state index in [9.17, 15) is 30.3 Å². The zero-order valence-corrected chi connectivity index (χ0v) is 16.1. The molecule has 0 spiro atoms. The number of carbonyl (C=O) groups is 1. The van der Waals surface area contributed by atoms with Gasteiger partial charge in [-0.15, -0.1) is 0 Å². The first-order valence-electron chi connectivity index (χ1n) is 9.06. The predicted octanol–water partition coefficient (Wildman–Crippen LogP) is 0.195. The molecule has 8 nitrogen and oxygen atoms in total. The van der Waals surface area contributed by atoms with Crippen LogP contribution in [0.1, 0.15) is 34.1 Å². The first-order valence-corrected chi connectivity index (χ1v) is 9.06. The zero-order valence-electron chi connectivity index (χ0n) is 16.1. The van der Waals surface area contributed by atoms with Crippen LogP contribution in [0.25, 0.3) is 0 Å². The van der Waals surface area contributed by atoms with Crippen LogP contribution in [-0.4, -0.2) is 74.7 Å². The molecule has 7 atom stereocenters. The molecule has 0 amide bonds. The van der Waals surface area contributed by atoms with E-state index in [1.165, 1.54) is 0 Å². The Morgan fingerprint density at radius 3 is 2.48 bits per heavy atom. The Bertz CT molecular complexity index is 609. The van der Waals surface area contributed by atoms with Gasteiger partial charge >= 0.3 is 0 Å². The average Bonchev–Trinajstić information content (AvgIpc) is 2.59. The van der Waals surface area contributed by atoms with E-state index >= 15 is 0 Å². The van der Waals surface area contributed by atoms with Crippen molar-refractivity contribution in [1.29, 1.82) is 0 Å².